The number of aromatic nitrogens is 3. The molecule has 0 bridgehead atoms. The molecule has 0 aromatic carbocycles. The highest BCUT2D eigenvalue weighted by Gasteiger charge is 1.99. The summed E-state index contributed by atoms with van der Waals surface area (Å²) in [4.78, 5) is 10.4. The second-order valence-electron chi connectivity index (χ2n) is 3.46. The van der Waals surface area contributed by atoms with Crippen molar-refractivity contribution >= 4 is 5.91 Å². The minimum Gasteiger partial charge on any atom is -0.370 e. The van der Waals surface area contributed by atoms with Crippen LogP contribution in [0.1, 0.15) is 25.1 Å². The van der Waals surface area contributed by atoms with Gasteiger partial charge in [-0.3, -0.25) is 4.79 Å². The number of aryl methyl sites for hydroxylation is 1. The van der Waals surface area contributed by atoms with E-state index in [1.54, 1.807) is 6.33 Å². The van der Waals surface area contributed by atoms with E-state index in [1.807, 2.05) is 11.6 Å². The molecule has 15 heavy (non-hydrogen) atoms. The van der Waals surface area contributed by atoms with Gasteiger partial charge < -0.3 is 15.6 Å². The molecule has 0 atom stereocenters. The van der Waals surface area contributed by atoms with E-state index in [0.29, 0.717) is 13.0 Å². The lowest BCUT2D eigenvalue weighted by molar-refractivity contribution is -0.118. The Balaban J connectivity index is 2.03. The number of amides is 1. The monoisotopic (exact) mass is 211 g/mol. The highest BCUT2D eigenvalue weighted by atomic mass is 16.1. The summed E-state index contributed by atoms with van der Waals surface area (Å²) >= 11 is 0. The van der Waals surface area contributed by atoms with Gasteiger partial charge in [-0.1, -0.05) is 0 Å². The lowest BCUT2D eigenvalue weighted by Gasteiger charge is -2.03. The average molecular weight is 211 g/mol. The van der Waals surface area contributed by atoms with E-state index in [2.05, 4.69) is 15.5 Å². The highest BCUT2D eigenvalue weighted by molar-refractivity contribution is 5.73. The number of rotatable bonds is 7. The Morgan fingerprint density at radius 2 is 2.40 bits per heavy atom. The van der Waals surface area contributed by atoms with Gasteiger partial charge in [0.2, 0.25) is 5.91 Å². The Morgan fingerprint density at radius 3 is 3.00 bits per heavy atom. The highest BCUT2D eigenvalue weighted by Crippen LogP contribution is 1.94. The number of carbonyl (C=O) groups excluding carboxylic acids is 1. The number of unbranched alkanes of at least 4 members (excludes halogenated alkanes) is 1. The first-order valence-electron chi connectivity index (χ1n) is 5.02. The predicted molar refractivity (Wildman–Crippen MR) is 55.8 cm³/mol. The van der Waals surface area contributed by atoms with Gasteiger partial charge in [-0.2, -0.15) is 0 Å². The fourth-order valence-corrected chi connectivity index (χ4v) is 1.22. The number of primary amides is 1. The molecule has 0 aliphatic rings. The Labute approximate surface area is 88.9 Å². The van der Waals surface area contributed by atoms with E-state index >= 15 is 0 Å². The van der Waals surface area contributed by atoms with Gasteiger partial charge in [0.15, 0.2) is 0 Å². The van der Waals surface area contributed by atoms with Crippen LogP contribution in [0.15, 0.2) is 6.33 Å². The van der Waals surface area contributed by atoms with E-state index in [-0.39, 0.29) is 5.91 Å². The summed E-state index contributed by atoms with van der Waals surface area (Å²) in [5, 5.41) is 10.9. The molecular formula is C9H17N5O. The maximum Gasteiger partial charge on any atom is 0.217 e. The van der Waals surface area contributed by atoms with Crippen LogP contribution in [0.4, 0.5) is 0 Å². The standard InChI is InChI=1S/C9H17N5O/c1-14-7-12-13-9(14)6-11-5-3-2-4-8(10)15/h7,11H,2-6H2,1H3,(H2,10,15). The maximum absolute atomic E-state index is 10.4. The van der Waals surface area contributed by atoms with E-state index < -0.39 is 0 Å². The lowest BCUT2D eigenvalue weighted by Crippen LogP contribution is -2.18. The van der Waals surface area contributed by atoms with Crippen molar-refractivity contribution in [1.29, 1.82) is 0 Å². The molecule has 6 nitrogen and oxygen atoms in total. The van der Waals surface area contributed by atoms with Crippen LogP contribution in [0, 0.1) is 0 Å². The largest absolute Gasteiger partial charge is 0.370 e. The quantitative estimate of drug-likeness (QED) is 0.599. The molecule has 1 rings (SSSR count). The molecule has 3 N–H and O–H groups in total. The Hall–Kier alpha value is -1.43. The van der Waals surface area contributed by atoms with Crippen molar-refractivity contribution in [2.45, 2.75) is 25.8 Å². The molecule has 1 heterocycles. The molecule has 0 spiro atoms. The zero-order valence-electron chi connectivity index (χ0n) is 8.94. The van der Waals surface area contributed by atoms with E-state index in [4.69, 9.17) is 5.73 Å². The molecule has 84 valence electrons. The molecule has 0 aliphatic heterocycles. The zero-order chi connectivity index (χ0) is 11.1. The second kappa shape index (κ2) is 6.13. The summed E-state index contributed by atoms with van der Waals surface area (Å²) in [6.07, 6.45) is 3.91. The molecule has 0 radical (unpaired) electrons. The van der Waals surface area contributed by atoms with Gasteiger partial charge in [0.25, 0.3) is 0 Å². The lowest BCUT2D eigenvalue weighted by atomic mass is 10.2. The molecule has 0 saturated carbocycles. The smallest absolute Gasteiger partial charge is 0.217 e. The molecular weight excluding hydrogens is 194 g/mol. The molecule has 0 saturated heterocycles. The summed E-state index contributed by atoms with van der Waals surface area (Å²) in [7, 11) is 1.91. The van der Waals surface area contributed by atoms with Gasteiger partial charge in [-0.15, -0.1) is 10.2 Å². The van der Waals surface area contributed by atoms with E-state index in [9.17, 15) is 4.79 Å². The van der Waals surface area contributed by atoms with Crippen molar-refractivity contribution in [3.8, 4) is 0 Å². The van der Waals surface area contributed by atoms with Crippen molar-refractivity contribution in [1.82, 2.24) is 20.1 Å². The van der Waals surface area contributed by atoms with Crippen LogP contribution in [-0.4, -0.2) is 27.2 Å². The third kappa shape index (κ3) is 4.55. The van der Waals surface area contributed by atoms with Crippen LogP contribution in [0.3, 0.4) is 0 Å². The first-order valence-corrected chi connectivity index (χ1v) is 5.02. The minimum atomic E-state index is -0.233. The summed E-state index contributed by atoms with van der Waals surface area (Å²) in [6, 6.07) is 0. The summed E-state index contributed by atoms with van der Waals surface area (Å²) in [5.74, 6) is 0.674. The van der Waals surface area contributed by atoms with Crippen molar-refractivity contribution in [2.24, 2.45) is 12.8 Å². The first-order chi connectivity index (χ1) is 7.20. The second-order valence-corrected chi connectivity index (χ2v) is 3.46. The van der Waals surface area contributed by atoms with Crippen LogP contribution in [0.2, 0.25) is 0 Å². The molecule has 1 amide bonds. The Bertz CT molecular complexity index is 309. The van der Waals surface area contributed by atoms with Crippen LogP contribution in [0.5, 0.6) is 0 Å². The van der Waals surface area contributed by atoms with Crippen LogP contribution >= 0.6 is 0 Å². The summed E-state index contributed by atoms with van der Waals surface area (Å²) in [5.41, 5.74) is 5.02. The number of carbonyl (C=O) groups is 1. The number of nitrogens with two attached hydrogens (primary N) is 1. The van der Waals surface area contributed by atoms with Crippen LogP contribution in [-0.2, 0) is 18.4 Å². The third-order valence-electron chi connectivity index (χ3n) is 2.11. The minimum absolute atomic E-state index is 0.233. The van der Waals surface area contributed by atoms with Crippen molar-refractivity contribution in [3.05, 3.63) is 12.2 Å². The number of nitrogens with zero attached hydrogens (tertiary/aromatic N) is 3. The van der Waals surface area contributed by atoms with Crippen molar-refractivity contribution in [2.75, 3.05) is 6.54 Å². The molecule has 0 fully saturated rings. The summed E-state index contributed by atoms with van der Waals surface area (Å²) < 4.78 is 1.87. The van der Waals surface area contributed by atoms with Crippen molar-refractivity contribution in [3.63, 3.8) is 0 Å². The SMILES string of the molecule is Cn1cnnc1CNCCCCC(N)=O. The average Bonchev–Trinajstić information content (AvgIpc) is 2.57. The fourth-order valence-electron chi connectivity index (χ4n) is 1.22. The normalized spacial score (nSPS) is 10.5. The summed E-state index contributed by atoms with van der Waals surface area (Å²) in [6.45, 7) is 1.56. The Morgan fingerprint density at radius 1 is 1.60 bits per heavy atom. The topological polar surface area (TPSA) is 85.8 Å². The van der Waals surface area contributed by atoms with Crippen LogP contribution < -0.4 is 11.1 Å². The maximum atomic E-state index is 10.4. The van der Waals surface area contributed by atoms with Crippen molar-refractivity contribution < 1.29 is 4.79 Å². The Kier molecular flexibility index (Phi) is 4.76. The van der Waals surface area contributed by atoms with Gasteiger partial charge in [-0.25, -0.2) is 0 Å². The molecule has 0 unspecified atom stereocenters. The van der Waals surface area contributed by atoms with Crippen LogP contribution in [0.25, 0.3) is 0 Å². The van der Waals surface area contributed by atoms with Gasteiger partial charge in [0, 0.05) is 13.5 Å². The predicted octanol–water partition coefficient (Wildman–Crippen LogP) is -0.440. The van der Waals surface area contributed by atoms with Gasteiger partial charge in [0.1, 0.15) is 12.2 Å². The molecule has 0 aliphatic carbocycles. The molecule has 1 aromatic rings. The third-order valence-corrected chi connectivity index (χ3v) is 2.11. The zero-order valence-corrected chi connectivity index (χ0v) is 8.94. The van der Waals surface area contributed by atoms with E-state index in [0.717, 1.165) is 25.2 Å². The number of hydrogen-bond donors (Lipinski definition) is 2. The first kappa shape index (κ1) is 11.6. The van der Waals surface area contributed by atoms with Gasteiger partial charge in [-0.05, 0) is 19.4 Å². The fraction of sp³-hybridized carbons (Fsp3) is 0.667. The van der Waals surface area contributed by atoms with Gasteiger partial charge >= 0.3 is 0 Å². The number of nitrogens with one attached hydrogen (secondary N) is 1. The van der Waals surface area contributed by atoms with Gasteiger partial charge in [0.05, 0.1) is 6.54 Å². The van der Waals surface area contributed by atoms with E-state index in [1.165, 1.54) is 0 Å². The molecule has 1 aromatic heterocycles. The number of hydrogen-bond acceptors (Lipinski definition) is 4. The molecule has 6 heteroatoms.